The van der Waals surface area contributed by atoms with Gasteiger partial charge in [0.2, 0.25) is 0 Å². The van der Waals surface area contributed by atoms with Gasteiger partial charge in [0.1, 0.15) is 0 Å². The van der Waals surface area contributed by atoms with Gasteiger partial charge in [0.05, 0.1) is 18.1 Å². The number of hydrogen-bond acceptors (Lipinski definition) is 6. The summed E-state index contributed by atoms with van der Waals surface area (Å²) in [7, 11) is 1.32. The molecule has 1 spiro atoms. The maximum Gasteiger partial charge on any atom is 0.387 e. The highest BCUT2D eigenvalue weighted by molar-refractivity contribution is 5.54. The smallest absolute Gasteiger partial charge is 0.387 e. The average Bonchev–Trinajstić information content (AvgIpc) is 2.97. The summed E-state index contributed by atoms with van der Waals surface area (Å²) in [6, 6.07) is 2.46. The van der Waals surface area contributed by atoms with Crippen LogP contribution < -0.4 is 14.8 Å². The largest absolute Gasteiger partial charge is 0.493 e. The summed E-state index contributed by atoms with van der Waals surface area (Å²) in [5, 5.41) is 14.8. The normalized spacial score (nSPS) is 19.8. The number of nitro benzene ring substituents is 1. The number of piperidine rings is 1. The molecule has 2 saturated heterocycles. The molecule has 2 aliphatic rings. The van der Waals surface area contributed by atoms with Gasteiger partial charge >= 0.3 is 6.61 Å². The van der Waals surface area contributed by atoms with Gasteiger partial charge in [-0.15, -0.1) is 0 Å². The van der Waals surface area contributed by atoms with Gasteiger partial charge in [-0.05, 0) is 50.4 Å². The van der Waals surface area contributed by atoms with Crippen LogP contribution in [-0.2, 0) is 6.54 Å². The van der Waals surface area contributed by atoms with Crippen LogP contribution in [0.15, 0.2) is 12.1 Å². The van der Waals surface area contributed by atoms with Gasteiger partial charge in [-0.1, -0.05) is 0 Å². The minimum absolute atomic E-state index is 0.0710. The van der Waals surface area contributed by atoms with Crippen molar-refractivity contribution in [3.05, 3.63) is 27.8 Å². The lowest BCUT2D eigenvalue weighted by atomic mass is 9.78. The predicted molar refractivity (Wildman–Crippen MR) is 90.7 cm³/mol. The molecule has 1 aromatic rings. The number of rotatable bonds is 6. The minimum Gasteiger partial charge on any atom is -0.493 e. The van der Waals surface area contributed by atoms with Crippen LogP contribution in [0, 0.1) is 15.5 Å². The van der Waals surface area contributed by atoms with Gasteiger partial charge in [0.25, 0.3) is 5.69 Å². The molecule has 0 aliphatic carbocycles. The monoisotopic (exact) mass is 371 g/mol. The second-order valence-corrected chi connectivity index (χ2v) is 6.98. The fourth-order valence-corrected chi connectivity index (χ4v) is 4.00. The first kappa shape index (κ1) is 18.8. The molecule has 1 N–H and O–H groups in total. The highest BCUT2D eigenvalue weighted by Gasteiger charge is 2.39. The number of likely N-dealkylation sites (tertiary alicyclic amines) is 1. The van der Waals surface area contributed by atoms with E-state index >= 15 is 0 Å². The lowest BCUT2D eigenvalue weighted by Gasteiger charge is -2.33. The Morgan fingerprint density at radius 2 is 2.04 bits per heavy atom. The fraction of sp³-hybridized carbons (Fsp3) is 0.647. The Labute approximate surface area is 150 Å². The Hall–Kier alpha value is -2.00. The van der Waals surface area contributed by atoms with Gasteiger partial charge in [-0.2, -0.15) is 8.78 Å². The molecule has 7 nitrogen and oxygen atoms in total. The molecule has 144 valence electrons. The summed E-state index contributed by atoms with van der Waals surface area (Å²) in [5.41, 5.74) is 0.496. The van der Waals surface area contributed by atoms with Gasteiger partial charge in [-0.3, -0.25) is 15.0 Å². The van der Waals surface area contributed by atoms with Gasteiger partial charge in [0, 0.05) is 18.7 Å². The van der Waals surface area contributed by atoms with Crippen molar-refractivity contribution < 1.29 is 23.2 Å². The Balaban J connectivity index is 1.81. The Kier molecular flexibility index (Phi) is 5.57. The highest BCUT2D eigenvalue weighted by Crippen LogP contribution is 2.41. The highest BCUT2D eigenvalue weighted by atomic mass is 19.3. The van der Waals surface area contributed by atoms with Crippen LogP contribution in [0.4, 0.5) is 14.5 Å². The summed E-state index contributed by atoms with van der Waals surface area (Å²) < 4.78 is 34.5. The first-order valence-electron chi connectivity index (χ1n) is 8.66. The van der Waals surface area contributed by atoms with Crippen molar-refractivity contribution in [2.75, 3.05) is 33.3 Å². The number of benzene rings is 1. The van der Waals surface area contributed by atoms with Gasteiger partial charge in [0.15, 0.2) is 11.5 Å². The fourth-order valence-electron chi connectivity index (χ4n) is 4.00. The zero-order chi connectivity index (χ0) is 18.7. The number of alkyl halides is 2. The summed E-state index contributed by atoms with van der Waals surface area (Å²) in [6.07, 6.45) is 3.29. The van der Waals surface area contributed by atoms with E-state index in [0.717, 1.165) is 51.5 Å². The van der Waals surface area contributed by atoms with Crippen LogP contribution in [0.3, 0.4) is 0 Å². The molecule has 0 radical (unpaired) electrons. The molecule has 2 fully saturated rings. The van der Waals surface area contributed by atoms with E-state index in [-0.39, 0.29) is 22.6 Å². The third kappa shape index (κ3) is 4.04. The molecule has 2 heterocycles. The first-order valence-corrected chi connectivity index (χ1v) is 8.66. The molecule has 0 bridgehead atoms. The zero-order valence-corrected chi connectivity index (χ0v) is 14.7. The Morgan fingerprint density at radius 3 is 2.65 bits per heavy atom. The lowest BCUT2D eigenvalue weighted by Crippen LogP contribution is -2.38. The third-order valence-corrected chi connectivity index (χ3v) is 5.35. The zero-order valence-electron chi connectivity index (χ0n) is 14.7. The van der Waals surface area contributed by atoms with E-state index < -0.39 is 11.5 Å². The molecule has 3 rings (SSSR count). The van der Waals surface area contributed by atoms with E-state index in [2.05, 4.69) is 15.0 Å². The number of nitrogens with zero attached hydrogens (tertiary/aromatic N) is 2. The van der Waals surface area contributed by atoms with E-state index in [1.807, 2.05) is 0 Å². The van der Waals surface area contributed by atoms with E-state index in [1.165, 1.54) is 13.2 Å². The molecule has 26 heavy (non-hydrogen) atoms. The van der Waals surface area contributed by atoms with Crippen LogP contribution in [0.25, 0.3) is 0 Å². The molecule has 9 heteroatoms. The van der Waals surface area contributed by atoms with E-state index in [9.17, 15) is 18.9 Å². The van der Waals surface area contributed by atoms with Gasteiger partial charge in [-0.25, -0.2) is 0 Å². The van der Waals surface area contributed by atoms with Gasteiger partial charge < -0.3 is 14.8 Å². The summed E-state index contributed by atoms with van der Waals surface area (Å²) in [5.74, 6) is -0.254. The van der Waals surface area contributed by atoms with Crippen LogP contribution in [0.1, 0.15) is 24.8 Å². The van der Waals surface area contributed by atoms with Crippen molar-refractivity contribution in [1.29, 1.82) is 0 Å². The number of methoxy groups -OCH3 is 1. The van der Waals surface area contributed by atoms with Crippen LogP contribution in [0.2, 0.25) is 0 Å². The van der Waals surface area contributed by atoms with Crippen LogP contribution in [0.5, 0.6) is 11.5 Å². The van der Waals surface area contributed by atoms with Crippen molar-refractivity contribution in [2.24, 2.45) is 5.41 Å². The SMILES string of the molecule is COc1cc(CN2CCC3(CCNCC3)C2)c([N+](=O)[O-])cc1OC(F)F. The second-order valence-electron chi connectivity index (χ2n) is 6.98. The molecule has 0 atom stereocenters. The maximum absolute atomic E-state index is 12.5. The lowest BCUT2D eigenvalue weighted by molar-refractivity contribution is -0.385. The van der Waals surface area contributed by atoms with E-state index in [1.54, 1.807) is 0 Å². The topological polar surface area (TPSA) is 76.9 Å². The minimum atomic E-state index is -3.08. The molecule has 1 aromatic carbocycles. The summed E-state index contributed by atoms with van der Waals surface area (Å²) >= 11 is 0. The summed E-state index contributed by atoms with van der Waals surface area (Å²) in [6.45, 7) is 1.07. The average molecular weight is 371 g/mol. The number of halogens is 2. The van der Waals surface area contributed by atoms with E-state index in [4.69, 9.17) is 4.74 Å². The van der Waals surface area contributed by atoms with Crippen molar-refractivity contribution in [1.82, 2.24) is 10.2 Å². The molecule has 2 aliphatic heterocycles. The third-order valence-electron chi connectivity index (χ3n) is 5.35. The van der Waals surface area contributed by atoms with Crippen molar-refractivity contribution in [3.8, 4) is 11.5 Å². The van der Waals surface area contributed by atoms with Crippen LogP contribution >= 0.6 is 0 Å². The Morgan fingerprint density at radius 1 is 1.31 bits per heavy atom. The van der Waals surface area contributed by atoms with E-state index in [0.29, 0.717) is 12.1 Å². The second kappa shape index (κ2) is 7.71. The predicted octanol–water partition coefficient (Wildman–Crippen LogP) is 2.78. The molecule has 0 saturated carbocycles. The summed E-state index contributed by atoms with van der Waals surface area (Å²) in [4.78, 5) is 13.1. The molecular formula is C17H23F2N3O4. The number of nitro groups is 1. The molecule has 0 unspecified atom stereocenters. The maximum atomic E-state index is 12.5. The molecular weight excluding hydrogens is 348 g/mol. The molecule has 0 amide bonds. The van der Waals surface area contributed by atoms with Crippen molar-refractivity contribution >= 4 is 5.69 Å². The quantitative estimate of drug-likeness (QED) is 0.612. The number of nitrogens with one attached hydrogen (secondary N) is 1. The standard InChI is InChI=1S/C17H23F2N3O4/c1-25-14-8-12(13(22(23)24)9-15(14)26-16(18)19)10-21-7-4-17(11-21)2-5-20-6-3-17/h8-9,16,20H,2-7,10-11H2,1H3. The first-order chi connectivity index (χ1) is 12.4. The van der Waals surface area contributed by atoms with Crippen molar-refractivity contribution in [3.63, 3.8) is 0 Å². The Bertz CT molecular complexity index is 666. The number of ether oxygens (including phenoxy) is 2. The number of hydrogen-bond donors (Lipinski definition) is 1. The molecule has 0 aromatic heterocycles. The van der Waals surface area contributed by atoms with Crippen molar-refractivity contribution in [2.45, 2.75) is 32.4 Å². The van der Waals surface area contributed by atoms with Crippen LogP contribution in [-0.4, -0.2) is 49.7 Å².